The maximum absolute atomic E-state index is 5.43. The molecule has 0 radical (unpaired) electrons. The van der Waals surface area contributed by atoms with Crippen molar-refractivity contribution in [3.8, 4) is 5.75 Å². The Labute approximate surface area is 195 Å². The van der Waals surface area contributed by atoms with Crippen LogP contribution in [-0.4, -0.2) is 22.1 Å². The number of aromatic nitrogens is 3. The Morgan fingerprint density at radius 2 is 1.85 bits per heavy atom. The van der Waals surface area contributed by atoms with E-state index in [0.717, 1.165) is 61.5 Å². The molecule has 33 heavy (non-hydrogen) atoms. The number of allylic oxidation sites excluding steroid dienone is 1. The van der Waals surface area contributed by atoms with Crippen molar-refractivity contribution in [2.24, 2.45) is 0 Å². The molecule has 1 aliphatic carbocycles. The minimum Gasteiger partial charge on any atom is -0.497 e. The average Bonchev–Trinajstić information content (AvgIpc) is 3.40. The smallest absolute Gasteiger partial charge is 0.128 e. The highest BCUT2D eigenvalue weighted by Crippen LogP contribution is 2.27. The van der Waals surface area contributed by atoms with Crippen molar-refractivity contribution in [2.75, 3.05) is 7.11 Å². The number of ether oxygens (including phenoxy) is 1. The molecular formula is C29H31N3O. The van der Waals surface area contributed by atoms with Crippen molar-refractivity contribution >= 4 is 17.0 Å². The molecule has 4 nitrogen and oxygen atoms in total. The lowest BCUT2D eigenvalue weighted by Gasteiger charge is -2.08. The van der Waals surface area contributed by atoms with Crippen LogP contribution in [-0.2, 0) is 32.1 Å². The van der Waals surface area contributed by atoms with E-state index >= 15 is 0 Å². The van der Waals surface area contributed by atoms with Gasteiger partial charge in [0.05, 0.1) is 7.11 Å². The lowest BCUT2D eigenvalue weighted by Crippen LogP contribution is -2.04. The number of hydrogen-bond donors (Lipinski definition) is 1. The third-order valence-electron chi connectivity index (χ3n) is 6.62. The third-order valence-corrected chi connectivity index (χ3v) is 6.62. The number of methoxy groups -OCH3 is 1. The lowest BCUT2D eigenvalue weighted by molar-refractivity contribution is 0.415. The topological polar surface area (TPSA) is 50.8 Å². The summed E-state index contributed by atoms with van der Waals surface area (Å²) in [6, 6.07) is 15.2. The molecule has 0 fully saturated rings. The molecule has 5 rings (SSSR count). The molecule has 0 unspecified atom stereocenters. The van der Waals surface area contributed by atoms with Gasteiger partial charge in [-0.25, -0.2) is 9.97 Å². The summed E-state index contributed by atoms with van der Waals surface area (Å²) < 4.78 is 5.43. The molecule has 1 N–H and O–H groups in total. The second-order valence-corrected chi connectivity index (χ2v) is 9.05. The van der Waals surface area contributed by atoms with Crippen molar-refractivity contribution in [3.05, 3.63) is 93.7 Å². The van der Waals surface area contributed by atoms with E-state index in [9.17, 15) is 0 Å². The van der Waals surface area contributed by atoms with Crippen LogP contribution >= 0.6 is 0 Å². The predicted molar refractivity (Wildman–Crippen MR) is 135 cm³/mol. The standard InChI is InChI=1S/C29H31N3O/c1-19-16-24(13-11-21-10-12-22-6-4-7-23(22)17-21)32-29(30-19)9-5-8-26-20(2)31-28-15-14-25(33-3)18-27(26)28/h4,7,10,12,14-18,31H,5-6,8-9,11,13H2,1-3H3. The summed E-state index contributed by atoms with van der Waals surface area (Å²) in [6.07, 6.45) is 10.4. The van der Waals surface area contributed by atoms with Crippen molar-refractivity contribution in [1.29, 1.82) is 0 Å². The van der Waals surface area contributed by atoms with Gasteiger partial charge in [-0.1, -0.05) is 30.4 Å². The SMILES string of the molecule is COc1ccc2[nH]c(C)c(CCCc3nc(C)cc(CCc4ccc5c(c4)C=CC5)n3)c2c1. The zero-order valence-electron chi connectivity index (χ0n) is 19.7. The summed E-state index contributed by atoms with van der Waals surface area (Å²) in [4.78, 5) is 13.1. The molecule has 2 aromatic heterocycles. The molecule has 4 aromatic rings. The minimum absolute atomic E-state index is 0.883. The van der Waals surface area contributed by atoms with Gasteiger partial charge in [0, 0.05) is 34.4 Å². The molecule has 0 amide bonds. The summed E-state index contributed by atoms with van der Waals surface area (Å²) in [6.45, 7) is 4.22. The molecule has 0 bridgehead atoms. The van der Waals surface area contributed by atoms with Crippen LogP contribution in [0.5, 0.6) is 5.75 Å². The molecule has 0 saturated heterocycles. The van der Waals surface area contributed by atoms with Gasteiger partial charge in [0.2, 0.25) is 0 Å². The highest BCUT2D eigenvalue weighted by Gasteiger charge is 2.11. The Bertz CT molecular complexity index is 1330. The minimum atomic E-state index is 0.883. The number of nitrogens with zero attached hydrogens (tertiary/aromatic N) is 2. The Kier molecular flexibility index (Phi) is 5.99. The van der Waals surface area contributed by atoms with Gasteiger partial charge >= 0.3 is 0 Å². The summed E-state index contributed by atoms with van der Waals surface area (Å²) in [5.41, 5.74) is 10.1. The van der Waals surface area contributed by atoms with Crippen LogP contribution < -0.4 is 4.74 Å². The first kappa shape index (κ1) is 21.4. The number of aryl methyl sites for hydroxylation is 6. The van der Waals surface area contributed by atoms with E-state index in [-0.39, 0.29) is 0 Å². The van der Waals surface area contributed by atoms with E-state index in [2.05, 4.69) is 67.4 Å². The molecule has 2 aromatic carbocycles. The highest BCUT2D eigenvalue weighted by atomic mass is 16.5. The molecule has 2 heterocycles. The fraction of sp³-hybridized carbons (Fsp3) is 0.310. The van der Waals surface area contributed by atoms with Gasteiger partial charge in [-0.2, -0.15) is 0 Å². The highest BCUT2D eigenvalue weighted by molar-refractivity contribution is 5.86. The van der Waals surface area contributed by atoms with E-state index in [1.165, 1.54) is 38.9 Å². The van der Waals surface area contributed by atoms with Gasteiger partial charge in [0.25, 0.3) is 0 Å². The van der Waals surface area contributed by atoms with Gasteiger partial charge in [0.15, 0.2) is 0 Å². The van der Waals surface area contributed by atoms with E-state index in [4.69, 9.17) is 14.7 Å². The first-order chi connectivity index (χ1) is 16.1. The van der Waals surface area contributed by atoms with E-state index in [0.29, 0.717) is 0 Å². The fourth-order valence-electron chi connectivity index (χ4n) is 4.90. The maximum atomic E-state index is 5.43. The van der Waals surface area contributed by atoms with E-state index in [1.54, 1.807) is 7.11 Å². The Balaban J connectivity index is 1.24. The second-order valence-electron chi connectivity index (χ2n) is 9.05. The molecule has 168 valence electrons. The molecule has 0 saturated carbocycles. The molecule has 0 spiro atoms. The number of hydrogen-bond acceptors (Lipinski definition) is 3. The maximum Gasteiger partial charge on any atom is 0.128 e. The monoisotopic (exact) mass is 437 g/mol. The first-order valence-corrected chi connectivity index (χ1v) is 11.9. The first-order valence-electron chi connectivity index (χ1n) is 11.9. The van der Waals surface area contributed by atoms with Crippen molar-refractivity contribution in [3.63, 3.8) is 0 Å². The summed E-state index contributed by atoms with van der Waals surface area (Å²) in [7, 11) is 1.72. The van der Waals surface area contributed by atoms with E-state index in [1.807, 2.05) is 6.07 Å². The number of benzene rings is 2. The van der Waals surface area contributed by atoms with Crippen LogP contribution in [0.25, 0.3) is 17.0 Å². The normalized spacial score (nSPS) is 12.5. The fourth-order valence-corrected chi connectivity index (χ4v) is 4.90. The van der Waals surface area contributed by atoms with Crippen molar-refractivity contribution in [2.45, 2.75) is 52.4 Å². The quantitative estimate of drug-likeness (QED) is 0.362. The second kappa shape index (κ2) is 9.22. The number of fused-ring (bicyclic) bond motifs is 2. The molecule has 4 heteroatoms. The van der Waals surface area contributed by atoms with E-state index < -0.39 is 0 Å². The van der Waals surface area contributed by atoms with Crippen LogP contribution in [0.3, 0.4) is 0 Å². The summed E-state index contributed by atoms with van der Waals surface area (Å²) in [5.74, 6) is 1.85. The van der Waals surface area contributed by atoms with Gasteiger partial charge in [-0.05, 0) is 92.5 Å². The lowest BCUT2D eigenvalue weighted by atomic mass is 10.0. The Morgan fingerprint density at radius 1 is 0.939 bits per heavy atom. The number of H-pyrrole nitrogens is 1. The number of nitrogens with one attached hydrogen (secondary N) is 1. The van der Waals surface area contributed by atoms with Crippen LogP contribution in [0.4, 0.5) is 0 Å². The van der Waals surface area contributed by atoms with Crippen molar-refractivity contribution in [1.82, 2.24) is 15.0 Å². The van der Waals surface area contributed by atoms with Crippen LogP contribution in [0.15, 0.2) is 48.5 Å². The summed E-state index contributed by atoms with van der Waals surface area (Å²) in [5, 5.41) is 1.25. The summed E-state index contributed by atoms with van der Waals surface area (Å²) >= 11 is 0. The van der Waals surface area contributed by atoms with Gasteiger partial charge < -0.3 is 9.72 Å². The van der Waals surface area contributed by atoms with Crippen LogP contribution in [0, 0.1) is 13.8 Å². The predicted octanol–water partition coefficient (Wildman–Crippen LogP) is 6.11. The molecule has 0 atom stereocenters. The van der Waals surface area contributed by atoms with Gasteiger partial charge in [-0.15, -0.1) is 0 Å². The average molecular weight is 438 g/mol. The van der Waals surface area contributed by atoms with Gasteiger partial charge in [0.1, 0.15) is 11.6 Å². The molecule has 0 aliphatic heterocycles. The Hall–Kier alpha value is -3.40. The number of rotatable bonds is 8. The third kappa shape index (κ3) is 4.70. The molecular weight excluding hydrogens is 406 g/mol. The number of aromatic amines is 1. The Morgan fingerprint density at radius 3 is 2.73 bits per heavy atom. The zero-order chi connectivity index (χ0) is 22.8. The largest absolute Gasteiger partial charge is 0.497 e. The van der Waals surface area contributed by atoms with Crippen LogP contribution in [0.1, 0.15) is 51.6 Å². The van der Waals surface area contributed by atoms with Crippen LogP contribution in [0.2, 0.25) is 0 Å². The zero-order valence-corrected chi connectivity index (χ0v) is 19.7. The molecule has 1 aliphatic rings. The van der Waals surface area contributed by atoms with Crippen molar-refractivity contribution < 1.29 is 4.74 Å². The van der Waals surface area contributed by atoms with Gasteiger partial charge in [-0.3, -0.25) is 0 Å².